The molecule has 0 saturated carbocycles. The molecule has 0 unspecified atom stereocenters. The van der Waals surface area contributed by atoms with Gasteiger partial charge in [-0.3, -0.25) is 0 Å². The number of hydrogen-bond donors (Lipinski definition) is 1. The van der Waals surface area contributed by atoms with Crippen molar-refractivity contribution in [1.29, 1.82) is 0 Å². The highest BCUT2D eigenvalue weighted by atomic mass is 32.1. The van der Waals surface area contributed by atoms with E-state index in [-0.39, 0.29) is 5.41 Å². The highest BCUT2D eigenvalue weighted by Gasteiger charge is 2.17. The normalized spacial score (nSPS) is 12.0. The first-order chi connectivity index (χ1) is 6.54. The lowest BCUT2D eigenvalue weighted by Crippen LogP contribution is -2.15. The van der Waals surface area contributed by atoms with Crippen LogP contribution in [0.4, 0.5) is 0 Å². The number of rotatable bonds is 4. The van der Waals surface area contributed by atoms with Crippen LogP contribution in [0.1, 0.15) is 38.4 Å². The van der Waals surface area contributed by atoms with E-state index in [9.17, 15) is 0 Å². The zero-order valence-corrected chi connectivity index (χ0v) is 10.1. The van der Waals surface area contributed by atoms with E-state index in [0.29, 0.717) is 13.2 Å². The molecular weight excluding hydrogens is 196 g/mol. The predicted octanol–water partition coefficient (Wildman–Crippen LogP) is 2.48. The summed E-state index contributed by atoms with van der Waals surface area (Å²) in [6.45, 7) is 9.83. The summed E-state index contributed by atoms with van der Waals surface area (Å²) in [4.78, 5) is 9.58. The molecule has 1 aromatic heterocycles. The highest BCUT2D eigenvalue weighted by molar-refractivity contribution is 7.09. The Morgan fingerprint density at radius 3 is 2.71 bits per heavy atom. The molecule has 1 heterocycles. The average Bonchev–Trinajstić information content (AvgIpc) is 2.52. The lowest BCUT2D eigenvalue weighted by Gasteiger charge is -2.13. The second-order valence-corrected chi connectivity index (χ2v) is 5.01. The summed E-state index contributed by atoms with van der Waals surface area (Å²) in [6.07, 6.45) is 0. The molecule has 1 rings (SSSR count). The Morgan fingerprint density at radius 2 is 2.21 bits per heavy atom. The molecule has 0 amide bonds. The van der Waals surface area contributed by atoms with Crippen molar-refractivity contribution in [2.24, 2.45) is 0 Å². The van der Waals surface area contributed by atoms with E-state index < -0.39 is 0 Å². The fourth-order valence-electron chi connectivity index (χ4n) is 0.960. The second kappa shape index (κ2) is 4.87. The van der Waals surface area contributed by atoms with Crippen LogP contribution < -0.4 is 5.48 Å². The first-order valence-corrected chi connectivity index (χ1v) is 5.71. The first kappa shape index (κ1) is 11.6. The van der Waals surface area contributed by atoms with Gasteiger partial charge in [0.15, 0.2) is 0 Å². The number of nitrogens with one attached hydrogen (secondary N) is 1. The van der Waals surface area contributed by atoms with Gasteiger partial charge in [0.25, 0.3) is 0 Å². The minimum Gasteiger partial charge on any atom is -0.302 e. The minimum atomic E-state index is 0.147. The van der Waals surface area contributed by atoms with Gasteiger partial charge in [0, 0.05) is 10.8 Å². The number of aromatic nitrogens is 1. The zero-order chi connectivity index (χ0) is 10.6. The predicted molar refractivity (Wildman–Crippen MR) is 59.3 cm³/mol. The van der Waals surface area contributed by atoms with Gasteiger partial charge in [-0.05, 0) is 6.92 Å². The quantitative estimate of drug-likeness (QED) is 0.617. The van der Waals surface area contributed by atoms with Crippen LogP contribution in [-0.4, -0.2) is 11.6 Å². The van der Waals surface area contributed by atoms with Crippen LogP contribution in [0.25, 0.3) is 0 Å². The van der Waals surface area contributed by atoms with E-state index in [2.05, 4.69) is 36.6 Å². The average molecular weight is 214 g/mol. The molecule has 1 aromatic rings. The van der Waals surface area contributed by atoms with Gasteiger partial charge in [-0.2, -0.15) is 5.48 Å². The van der Waals surface area contributed by atoms with E-state index in [1.165, 1.54) is 5.01 Å². The Balaban J connectivity index is 2.51. The van der Waals surface area contributed by atoms with Gasteiger partial charge in [0.05, 0.1) is 23.9 Å². The van der Waals surface area contributed by atoms with Crippen molar-refractivity contribution in [1.82, 2.24) is 10.5 Å². The Bertz CT molecular complexity index is 278. The lowest BCUT2D eigenvalue weighted by molar-refractivity contribution is 0.0457. The molecule has 0 aromatic carbocycles. The van der Waals surface area contributed by atoms with Crippen molar-refractivity contribution in [2.45, 2.75) is 39.7 Å². The largest absolute Gasteiger partial charge is 0.302 e. The van der Waals surface area contributed by atoms with Crippen LogP contribution in [-0.2, 0) is 16.8 Å². The molecule has 14 heavy (non-hydrogen) atoms. The Hall–Kier alpha value is -0.450. The zero-order valence-electron chi connectivity index (χ0n) is 9.26. The summed E-state index contributed by atoms with van der Waals surface area (Å²) in [7, 11) is 0. The van der Waals surface area contributed by atoms with Gasteiger partial charge in [0.1, 0.15) is 0 Å². The summed E-state index contributed by atoms with van der Waals surface area (Å²) in [5, 5.41) is 3.25. The van der Waals surface area contributed by atoms with Crippen molar-refractivity contribution in [3.8, 4) is 0 Å². The molecular formula is C10H18N2OS. The topological polar surface area (TPSA) is 34.1 Å². The van der Waals surface area contributed by atoms with E-state index >= 15 is 0 Å². The Morgan fingerprint density at radius 1 is 1.50 bits per heavy atom. The van der Waals surface area contributed by atoms with Crippen molar-refractivity contribution in [3.63, 3.8) is 0 Å². The lowest BCUT2D eigenvalue weighted by atomic mass is 9.98. The number of hydrogen-bond acceptors (Lipinski definition) is 4. The first-order valence-electron chi connectivity index (χ1n) is 4.83. The molecule has 0 aliphatic heterocycles. The molecule has 0 aliphatic rings. The molecule has 0 atom stereocenters. The third-order valence-electron chi connectivity index (χ3n) is 1.69. The SMILES string of the molecule is CCONCc1csc(C(C)(C)C)n1. The Labute approximate surface area is 89.5 Å². The monoisotopic (exact) mass is 214 g/mol. The van der Waals surface area contributed by atoms with Crippen molar-refractivity contribution in [2.75, 3.05) is 6.61 Å². The molecule has 4 heteroatoms. The maximum Gasteiger partial charge on any atom is 0.0982 e. The summed E-state index contributed by atoms with van der Waals surface area (Å²) < 4.78 is 0. The van der Waals surface area contributed by atoms with Gasteiger partial charge >= 0.3 is 0 Å². The molecule has 0 aliphatic carbocycles. The smallest absolute Gasteiger partial charge is 0.0982 e. The maximum atomic E-state index is 5.05. The second-order valence-electron chi connectivity index (χ2n) is 4.15. The number of thiazole rings is 1. The molecule has 80 valence electrons. The minimum absolute atomic E-state index is 0.147. The van der Waals surface area contributed by atoms with Crippen LogP contribution in [0, 0.1) is 0 Å². The van der Waals surface area contributed by atoms with Gasteiger partial charge in [-0.15, -0.1) is 11.3 Å². The van der Waals surface area contributed by atoms with E-state index in [4.69, 9.17) is 4.84 Å². The molecule has 3 nitrogen and oxygen atoms in total. The summed E-state index contributed by atoms with van der Waals surface area (Å²) in [5.74, 6) is 0. The molecule has 0 bridgehead atoms. The molecule has 0 fully saturated rings. The van der Waals surface area contributed by atoms with Crippen LogP contribution in [0.5, 0.6) is 0 Å². The summed E-state index contributed by atoms with van der Waals surface area (Å²) in [5.41, 5.74) is 4.06. The number of nitrogens with zero attached hydrogens (tertiary/aromatic N) is 1. The van der Waals surface area contributed by atoms with Crippen molar-refractivity contribution >= 4 is 11.3 Å². The maximum absolute atomic E-state index is 5.05. The van der Waals surface area contributed by atoms with Gasteiger partial charge in [-0.25, -0.2) is 4.98 Å². The van der Waals surface area contributed by atoms with Gasteiger partial charge < -0.3 is 4.84 Å². The van der Waals surface area contributed by atoms with Gasteiger partial charge in [-0.1, -0.05) is 20.8 Å². The number of hydroxylamine groups is 1. The van der Waals surface area contributed by atoms with E-state index in [1.54, 1.807) is 11.3 Å². The highest BCUT2D eigenvalue weighted by Crippen LogP contribution is 2.25. The fraction of sp³-hybridized carbons (Fsp3) is 0.700. The van der Waals surface area contributed by atoms with E-state index in [1.807, 2.05) is 6.92 Å². The Kier molecular flexibility index (Phi) is 4.04. The summed E-state index contributed by atoms with van der Waals surface area (Å²) >= 11 is 1.71. The van der Waals surface area contributed by atoms with Crippen molar-refractivity contribution < 1.29 is 4.84 Å². The molecule has 0 saturated heterocycles. The van der Waals surface area contributed by atoms with E-state index in [0.717, 1.165) is 5.69 Å². The third-order valence-corrected chi connectivity index (χ3v) is 3.01. The van der Waals surface area contributed by atoms with Crippen LogP contribution in [0.2, 0.25) is 0 Å². The molecule has 0 spiro atoms. The standard InChI is InChI=1S/C10H18N2OS/c1-5-13-11-6-8-7-14-9(12-8)10(2,3)4/h7,11H,5-6H2,1-4H3. The molecule has 0 radical (unpaired) electrons. The fourth-order valence-corrected chi connectivity index (χ4v) is 1.87. The van der Waals surface area contributed by atoms with Crippen LogP contribution in [0.15, 0.2) is 5.38 Å². The summed E-state index contributed by atoms with van der Waals surface area (Å²) in [6, 6.07) is 0. The van der Waals surface area contributed by atoms with Crippen molar-refractivity contribution in [3.05, 3.63) is 16.1 Å². The van der Waals surface area contributed by atoms with Crippen LogP contribution >= 0.6 is 11.3 Å². The third kappa shape index (κ3) is 3.36. The van der Waals surface area contributed by atoms with Gasteiger partial charge in [0.2, 0.25) is 0 Å². The van der Waals surface area contributed by atoms with Crippen LogP contribution in [0.3, 0.4) is 0 Å². The molecule has 1 N–H and O–H groups in total.